The van der Waals surface area contributed by atoms with Crippen molar-refractivity contribution in [2.75, 3.05) is 18.4 Å². The van der Waals surface area contributed by atoms with Crippen molar-refractivity contribution in [2.24, 2.45) is 5.92 Å². The molecule has 2 heterocycles. The van der Waals surface area contributed by atoms with E-state index in [2.05, 4.69) is 10.3 Å². The van der Waals surface area contributed by atoms with Crippen LogP contribution in [0.25, 0.3) is 0 Å². The Kier molecular flexibility index (Phi) is 4.30. The van der Waals surface area contributed by atoms with Crippen molar-refractivity contribution in [2.45, 2.75) is 26.7 Å². The van der Waals surface area contributed by atoms with Gasteiger partial charge in [0.15, 0.2) is 0 Å². The molecule has 0 aromatic carbocycles. The Morgan fingerprint density at radius 2 is 1.95 bits per heavy atom. The van der Waals surface area contributed by atoms with E-state index in [-0.39, 0.29) is 23.4 Å². The van der Waals surface area contributed by atoms with Gasteiger partial charge in [0, 0.05) is 31.6 Å². The Hall–Kier alpha value is -2.31. The lowest BCUT2D eigenvalue weighted by Crippen LogP contribution is -2.40. The van der Waals surface area contributed by atoms with Crippen LogP contribution in [0.2, 0.25) is 0 Å². The molecule has 114 valence electrons. The molecular formula is C14H19N3O4. The van der Waals surface area contributed by atoms with Crippen molar-refractivity contribution < 1.29 is 19.5 Å². The number of aromatic amines is 1. The lowest BCUT2D eigenvalue weighted by atomic mass is 9.96. The number of hydrogen-bond acceptors (Lipinski definition) is 3. The van der Waals surface area contributed by atoms with Crippen LogP contribution in [0.5, 0.6) is 0 Å². The van der Waals surface area contributed by atoms with Crippen LogP contribution in [0, 0.1) is 12.8 Å². The number of nitrogens with zero attached hydrogens (tertiary/aromatic N) is 1. The number of anilines is 1. The minimum Gasteiger partial charge on any atom is -0.477 e. The molecule has 1 aliphatic rings. The number of aromatic nitrogens is 1. The van der Waals surface area contributed by atoms with Gasteiger partial charge in [0.05, 0.1) is 5.69 Å². The monoisotopic (exact) mass is 293 g/mol. The number of carboxylic acids is 1. The molecule has 0 bridgehead atoms. The van der Waals surface area contributed by atoms with Crippen molar-refractivity contribution in [1.29, 1.82) is 0 Å². The van der Waals surface area contributed by atoms with E-state index in [0.717, 1.165) is 0 Å². The second-order valence-electron chi connectivity index (χ2n) is 5.32. The fourth-order valence-electron chi connectivity index (χ4n) is 2.55. The molecule has 21 heavy (non-hydrogen) atoms. The number of nitrogens with one attached hydrogen (secondary N) is 2. The second-order valence-corrected chi connectivity index (χ2v) is 5.32. The van der Waals surface area contributed by atoms with Crippen molar-refractivity contribution in [3.05, 3.63) is 17.5 Å². The Bertz CT molecular complexity index is 571. The molecule has 0 spiro atoms. The van der Waals surface area contributed by atoms with Crippen LogP contribution in [0.4, 0.5) is 5.69 Å². The Morgan fingerprint density at radius 3 is 2.48 bits per heavy atom. The van der Waals surface area contributed by atoms with Crippen LogP contribution in [0.3, 0.4) is 0 Å². The van der Waals surface area contributed by atoms with E-state index < -0.39 is 5.97 Å². The van der Waals surface area contributed by atoms with Gasteiger partial charge >= 0.3 is 5.97 Å². The molecule has 2 amide bonds. The maximum absolute atomic E-state index is 12.2. The van der Waals surface area contributed by atoms with E-state index in [1.165, 1.54) is 6.92 Å². The first-order valence-electron chi connectivity index (χ1n) is 6.87. The zero-order valence-corrected chi connectivity index (χ0v) is 12.1. The smallest absolute Gasteiger partial charge is 0.354 e. The molecule has 3 N–H and O–H groups in total. The molecule has 0 radical (unpaired) electrons. The summed E-state index contributed by atoms with van der Waals surface area (Å²) < 4.78 is 0. The van der Waals surface area contributed by atoms with E-state index in [4.69, 9.17) is 5.11 Å². The summed E-state index contributed by atoms with van der Waals surface area (Å²) in [5, 5.41) is 11.7. The Morgan fingerprint density at radius 1 is 1.33 bits per heavy atom. The lowest BCUT2D eigenvalue weighted by Gasteiger charge is -2.30. The van der Waals surface area contributed by atoms with E-state index in [1.54, 1.807) is 17.9 Å². The standard InChI is InChI=1S/C14H19N3O4/c1-8-7-11(12(15-8)14(20)21)16-13(19)10-3-5-17(6-4-10)9(2)18/h7,10,15H,3-6H2,1-2H3,(H,16,19)(H,20,21). The zero-order chi connectivity index (χ0) is 15.6. The first-order chi connectivity index (χ1) is 9.88. The summed E-state index contributed by atoms with van der Waals surface area (Å²) in [6.45, 7) is 4.37. The first kappa shape index (κ1) is 15.1. The van der Waals surface area contributed by atoms with Gasteiger partial charge in [-0.1, -0.05) is 0 Å². The first-order valence-corrected chi connectivity index (χ1v) is 6.87. The van der Waals surface area contributed by atoms with Gasteiger partial charge in [0.25, 0.3) is 0 Å². The summed E-state index contributed by atoms with van der Waals surface area (Å²) >= 11 is 0. The van der Waals surface area contributed by atoms with Crippen molar-refractivity contribution >= 4 is 23.5 Å². The molecule has 1 saturated heterocycles. The third-order valence-corrected chi connectivity index (χ3v) is 3.74. The number of aromatic carboxylic acids is 1. The molecular weight excluding hydrogens is 274 g/mol. The number of amides is 2. The molecule has 1 aromatic rings. The minimum atomic E-state index is -1.11. The summed E-state index contributed by atoms with van der Waals surface area (Å²) in [5.41, 5.74) is 0.954. The van der Waals surface area contributed by atoms with Crippen LogP contribution < -0.4 is 5.32 Å². The third kappa shape index (κ3) is 3.42. The van der Waals surface area contributed by atoms with Gasteiger partial charge in [-0.25, -0.2) is 4.79 Å². The topological polar surface area (TPSA) is 103 Å². The van der Waals surface area contributed by atoms with Crippen LogP contribution >= 0.6 is 0 Å². The highest BCUT2D eigenvalue weighted by Crippen LogP contribution is 2.22. The molecule has 7 heteroatoms. The maximum Gasteiger partial charge on any atom is 0.354 e. The highest BCUT2D eigenvalue weighted by atomic mass is 16.4. The maximum atomic E-state index is 12.2. The van der Waals surface area contributed by atoms with E-state index in [1.807, 2.05) is 0 Å². The number of likely N-dealkylation sites (tertiary alicyclic amines) is 1. The fourth-order valence-corrected chi connectivity index (χ4v) is 2.55. The molecule has 1 aliphatic heterocycles. The summed E-state index contributed by atoms with van der Waals surface area (Å²) in [6.07, 6.45) is 1.19. The average molecular weight is 293 g/mol. The van der Waals surface area contributed by atoms with Crippen molar-refractivity contribution in [1.82, 2.24) is 9.88 Å². The van der Waals surface area contributed by atoms with Crippen LogP contribution in [-0.4, -0.2) is 45.9 Å². The number of hydrogen-bond donors (Lipinski definition) is 3. The van der Waals surface area contributed by atoms with Crippen LogP contribution in [0.1, 0.15) is 35.9 Å². The van der Waals surface area contributed by atoms with Gasteiger partial charge in [-0.2, -0.15) is 0 Å². The van der Waals surface area contributed by atoms with E-state index >= 15 is 0 Å². The number of carbonyl (C=O) groups is 3. The molecule has 1 aromatic heterocycles. The molecule has 2 rings (SSSR count). The summed E-state index contributed by atoms with van der Waals surface area (Å²) in [7, 11) is 0. The van der Waals surface area contributed by atoms with Gasteiger partial charge in [-0.3, -0.25) is 9.59 Å². The summed E-state index contributed by atoms with van der Waals surface area (Å²) in [4.78, 5) is 39.0. The predicted molar refractivity (Wildman–Crippen MR) is 76.1 cm³/mol. The van der Waals surface area contributed by atoms with Gasteiger partial charge in [-0.15, -0.1) is 0 Å². The minimum absolute atomic E-state index is 0.0120. The Balaban J connectivity index is 2.00. The van der Waals surface area contributed by atoms with Crippen LogP contribution in [-0.2, 0) is 9.59 Å². The predicted octanol–water partition coefficient (Wildman–Crippen LogP) is 1.22. The van der Waals surface area contributed by atoms with Gasteiger partial charge in [0.1, 0.15) is 5.69 Å². The average Bonchev–Trinajstić information content (AvgIpc) is 2.80. The van der Waals surface area contributed by atoms with Crippen LogP contribution in [0.15, 0.2) is 6.07 Å². The molecule has 0 aliphatic carbocycles. The number of carbonyl (C=O) groups excluding carboxylic acids is 2. The number of piperidine rings is 1. The highest BCUT2D eigenvalue weighted by Gasteiger charge is 2.27. The molecule has 1 fully saturated rings. The van der Waals surface area contributed by atoms with Gasteiger partial charge in [-0.05, 0) is 25.8 Å². The zero-order valence-electron chi connectivity index (χ0n) is 12.1. The lowest BCUT2D eigenvalue weighted by molar-refractivity contribution is -0.132. The number of carboxylic acid groups (broad SMARTS) is 1. The van der Waals surface area contributed by atoms with Gasteiger partial charge < -0.3 is 20.3 Å². The Labute approximate surface area is 122 Å². The quantitative estimate of drug-likeness (QED) is 0.779. The number of aryl methyl sites for hydroxylation is 1. The highest BCUT2D eigenvalue weighted by molar-refractivity contribution is 6.00. The van der Waals surface area contributed by atoms with Crippen molar-refractivity contribution in [3.8, 4) is 0 Å². The summed E-state index contributed by atoms with van der Waals surface area (Å²) in [5.74, 6) is -1.48. The number of rotatable bonds is 3. The molecule has 0 saturated carbocycles. The molecule has 0 unspecified atom stereocenters. The van der Waals surface area contributed by atoms with Gasteiger partial charge in [0.2, 0.25) is 11.8 Å². The summed E-state index contributed by atoms with van der Waals surface area (Å²) in [6, 6.07) is 1.60. The molecule has 0 atom stereocenters. The second kappa shape index (κ2) is 5.99. The largest absolute Gasteiger partial charge is 0.477 e. The third-order valence-electron chi connectivity index (χ3n) is 3.74. The van der Waals surface area contributed by atoms with E-state index in [9.17, 15) is 14.4 Å². The van der Waals surface area contributed by atoms with E-state index in [0.29, 0.717) is 37.3 Å². The van der Waals surface area contributed by atoms with Crippen molar-refractivity contribution in [3.63, 3.8) is 0 Å². The fraction of sp³-hybridized carbons (Fsp3) is 0.500. The SMILES string of the molecule is CC(=O)N1CCC(C(=O)Nc2cc(C)[nH]c2C(=O)O)CC1. The molecule has 7 nitrogen and oxygen atoms in total. The normalized spacial score (nSPS) is 15.8. The number of H-pyrrole nitrogens is 1.